The fourth-order valence-corrected chi connectivity index (χ4v) is 5.55. The fraction of sp³-hybridized carbons (Fsp3) is 0.435. The topological polar surface area (TPSA) is 87.5 Å². The number of nitrogens with zero attached hydrogens (tertiary/aromatic N) is 5. The van der Waals surface area contributed by atoms with Gasteiger partial charge in [0.1, 0.15) is 15.8 Å². The van der Waals surface area contributed by atoms with Crippen LogP contribution in [-0.4, -0.2) is 74.3 Å². The second-order valence-corrected chi connectivity index (χ2v) is 10.0. The van der Waals surface area contributed by atoms with Gasteiger partial charge in [0, 0.05) is 38.4 Å². The zero-order valence-electron chi connectivity index (χ0n) is 19.6. The Balaban J connectivity index is 1.78. The monoisotopic (exact) mass is 501 g/mol. The van der Waals surface area contributed by atoms with Gasteiger partial charge >= 0.3 is 6.09 Å². The lowest BCUT2D eigenvalue weighted by atomic mass is 10.2. The molecular weight excluding hydrogens is 474 g/mol. The lowest BCUT2D eigenvalue weighted by Crippen LogP contribution is -2.49. The van der Waals surface area contributed by atoms with Gasteiger partial charge in [-0.1, -0.05) is 30.0 Å². The molecule has 4 heterocycles. The molecule has 2 fully saturated rings. The summed E-state index contributed by atoms with van der Waals surface area (Å²) in [6, 6.07) is 3.62. The van der Waals surface area contributed by atoms with E-state index in [1.807, 2.05) is 31.7 Å². The van der Waals surface area contributed by atoms with Gasteiger partial charge in [-0.25, -0.2) is 9.78 Å². The summed E-state index contributed by atoms with van der Waals surface area (Å²) in [7, 11) is 0. The Morgan fingerprint density at radius 2 is 1.97 bits per heavy atom. The van der Waals surface area contributed by atoms with E-state index in [2.05, 4.69) is 0 Å². The third kappa shape index (κ3) is 4.41. The van der Waals surface area contributed by atoms with Crippen molar-refractivity contribution in [3.63, 3.8) is 0 Å². The van der Waals surface area contributed by atoms with E-state index in [1.165, 1.54) is 16.2 Å². The van der Waals surface area contributed by atoms with Crippen molar-refractivity contribution in [3.8, 4) is 0 Å². The summed E-state index contributed by atoms with van der Waals surface area (Å²) < 4.78 is 7.09. The number of rotatable bonds is 4. The zero-order valence-corrected chi connectivity index (χ0v) is 21.2. The van der Waals surface area contributed by atoms with Crippen LogP contribution in [0.2, 0.25) is 0 Å². The number of hydrogen-bond donors (Lipinski definition) is 0. The number of aryl methyl sites for hydroxylation is 1. The Morgan fingerprint density at radius 3 is 2.59 bits per heavy atom. The maximum absolute atomic E-state index is 13.6. The van der Waals surface area contributed by atoms with Crippen LogP contribution in [0.1, 0.15) is 31.9 Å². The number of fused-ring (bicyclic) bond motifs is 1. The van der Waals surface area contributed by atoms with Crippen molar-refractivity contribution in [2.45, 2.75) is 33.7 Å². The number of pyridine rings is 1. The van der Waals surface area contributed by atoms with Gasteiger partial charge in [-0.2, -0.15) is 0 Å². The third-order valence-corrected chi connectivity index (χ3v) is 7.12. The Labute approximate surface area is 207 Å². The minimum Gasteiger partial charge on any atom is -0.450 e. The average molecular weight is 502 g/mol. The Bertz CT molecular complexity index is 1250. The van der Waals surface area contributed by atoms with Crippen LogP contribution >= 0.6 is 24.0 Å². The van der Waals surface area contributed by atoms with Crippen LogP contribution in [0.5, 0.6) is 0 Å². The molecule has 0 saturated carbocycles. The molecule has 0 N–H and O–H groups in total. The van der Waals surface area contributed by atoms with Gasteiger partial charge in [-0.15, -0.1) is 0 Å². The Hall–Kier alpha value is -2.92. The van der Waals surface area contributed by atoms with E-state index in [0.29, 0.717) is 59.0 Å². The molecule has 0 aliphatic carbocycles. The lowest BCUT2D eigenvalue weighted by Gasteiger charge is -2.35. The van der Waals surface area contributed by atoms with Crippen molar-refractivity contribution in [1.29, 1.82) is 0 Å². The largest absolute Gasteiger partial charge is 0.450 e. The summed E-state index contributed by atoms with van der Waals surface area (Å²) in [5.41, 5.74) is 1.49. The molecule has 2 aliphatic heterocycles. The van der Waals surface area contributed by atoms with Crippen LogP contribution < -0.4 is 10.5 Å². The van der Waals surface area contributed by atoms with Gasteiger partial charge in [-0.05, 0) is 45.4 Å². The number of carbonyl (C=O) groups is 2. The molecule has 11 heteroatoms. The van der Waals surface area contributed by atoms with E-state index in [4.69, 9.17) is 21.9 Å². The number of anilines is 1. The molecular formula is C23H27N5O4S2. The summed E-state index contributed by atoms with van der Waals surface area (Å²) in [6.45, 7) is 9.66. The van der Waals surface area contributed by atoms with E-state index >= 15 is 0 Å². The van der Waals surface area contributed by atoms with E-state index in [0.717, 1.165) is 5.56 Å². The second kappa shape index (κ2) is 9.75. The maximum Gasteiger partial charge on any atom is 0.409 e. The first-order chi connectivity index (χ1) is 16.2. The minimum absolute atomic E-state index is 0.0766. The van der Waals surface area contributed by atoms with E-state index in [-0.39, 0.29) is 23.6 Å². The van der Waals surface area contributed by atoms with Gasteiger partial charge in [0.15, 0.2) is 0 Å². The molecule has 2 aliphatic rings. The highest BCUT2D eigenvalue weighted by atomic mass is 32.2. The molecule has 0 atom stereocenters. The summed E-state index contributed by atoms with van der Waals surface area (Å²) in [4.78, 5) is 49.1. The summed E-state index contributed by atoms with van der Waals surface area (Å²) in [5.74, 6) is 0.287. The molecule has 34 heavy (non-hydrogen) atoms. The second-order valence-electron chi connectivity index (χ2n) is 8.36. The van der Waals surface area contributed by atoms with Crippen molar-refractivity contribution in [3.05, 3.63) is 44.7 Å². The smallest absolute Gasteiger partial charge is 0.409 e. The lowest BCUT2D eigenvalue weighted by molar-refractivity contribution is -0.123. The van der Waals surface area contributed by atoms with E-state index < -0.39 is 0 Å². The zero-order chi connectivity index (χ0) is 24.6. The van der Waals surface area contributed by atoms with Crippen LogP contribution in [0.15, 0.2) is 28.0 Å². The highest BCUT2D eigenvalue weighted by Crippen LogP contribution is 2.34. The molecule has 0 bridgehead atoms. The highest BCUT2D eigenvalue weighted by Gasteiger charge is 2.35. The normalized spacial score (nSPS) is 18.0. The number of hydrogen-bond acceptors (Lipinski definition) is 8. The van der Waals surface area contributed by atoms with E-state index in [1.54, 1.807) is 35.1 Å². The van der Waals surface area contributed by atoms with Crippen molar-refractivity contribution in [2.24, 2.45) is 0 Å². The predicted molar refractivity (Wildman–Crippen MR) is 137 cm³/mol. The van der Waals surface area contributed by atoms with Gasteiger partial charge in [0.25, 0.3) is 11.5 Å². The van der Waals surface area contributed by atoms with Crippen LogP contribution in [0, 0.1) is 6.92 Å². The first kappa shape index (κ1) is 24.2. The van der Waals surface area contributed by atoms with Crippen LogP contribution in [-0.2, 0) is 9.53 Å². The molecule has 0 spiro atoms. The summed E-state index contributed by atoms with van der Waals surface area (Å²) in [6.07, 6.45) is 2.94. The number of ether oxygens (including phenoxy) is 1. The van der Waals surface area contributed by atoms with Crippen molar-refractivity contribution in [1.82, 2.24) is 19.2 Å². The quantitative estimate of drug-likeness (QED) is 0.467. The van der Waals surface area contributed by atoms with Gasteiger partial charge in [0.2, 0.25) is 0 Å². The Kier molecular flexibility index (Phi) is 6.94. The molecule has 0 radical (unpaired) electrons. The molecule has 2 aromatic heterocycles. The molecule has 180 valence electrons. The SMILES string of the molecule is CCOC(=O)N1CCN(c2nc3c(C)cccn3c(=O)c2C=C2SC(=S)N(C(C)C)C2=O)CC1. The standard InChI is InChI=1S/C23H27N5O4S2/c1-5-32-22(31)26-11-9-25(10-12-26)19-16(13-17-21(30)28(14(2)3)23(33)34-17)20(29)27-8-6-7-15(4)18(27)24-19/h6-8,13-14H,5,9-12H2,1-4H3. The molecule has 9 nitrogen and oxygen atoms in total. The van der Waals surface area contributed by atoms with Crippen LogP contribution in [0.3, 0.4) is 0 Å². The molecule has 4 rings (SSSR count). The molecule has 2 saturated heterocycles. The number of carbonyl (C=O) groups excluding carboxylic acids is 2. The molecule has 2 aromatic rings. The summed E-state index contributed by atoms with van der Waals surface area (Å²) >= 11 is 6.59. The van der Waals surface area contributed by atoms with Crippen LogP contribution in [0.4, 0.5) is 10.6 Å². The predicted octanol–water partition coefficient (Wildman–Crippen LogP) is 2.89. The maximum atomic E-state index is 13.6. The van der Waals surface area contributed by atoms with Gasteiger partial charge < -0.3 is 14.5 Å². The summed E-state index contributed by atoms with van der Waals surface area (Å²) in [5, 5.41) is 0. The highest BCUT2D eigenvalue weighted by molar-refractivity contribution is 8.26. The molecule has 0 unspecified atom stereocenters. The fourth-order valence-electron chi connectivity index (χ4n) is 4.04. The number of thiocarbonyl (C=S) groups is 1. The number of aromatic nitrogens is 2. The van der Waals surface area contributed by atoms with Crippen molar-refractivity contribution >= 4 is 57.8 Å². The molecule has 2 amide bonds. The van der Waals surface area contributed by atoms with Crippen molar-refractivity contribution < 1.29 is 14.3 Å². The van der Waals surface area contributed by atoms with E-state index in [9.17, 15) is 14.4 Å². The number of amides is 2. The molecule has 0 aromatic carbocycles. The van der Waals surface area contributed by atoms with Crippen molar-refractivity contribution in [2.75, 3.05) is 37.7 Å². The number of thioether (sulfide) groups is 1. The Morgan fingerprint density at radius 1 is 1.26 bits per heavy atom. The average Bonchev–Trinajstić information content (AvgIpc) is 3.09. The number of piperazine rings is 1. The first-order valence-electron chi connectivity index (χ1n) is 11.2. The minimum atomic E-state index is -0.345. The van der Waals surface area contributed by atoms with Gasteiger partial charge in [-0.3, -0.25) is 18.9 Å². The third-order valence-electron chi connectivity index (χ3n) is 5.78. The van der Waals surface area contributed by atoms with Crippen LogP contribution in [0.25, 0.3) is 11.7 Å². The van der Waals surface area contributed by atoms with Gasteiger partial charge in [0.05, 0.1) is 17.1 Å². The first-order valence-corrected chi connectivity index (χ1v) is 12.4.